The van der Waals surface area contributed by atoms with Gasteiger partial charge in [0.1, 0.15) is 5.75 Å². The van der Waals surface area contributed by atoms with E-state index in [9.17, 15) is 5.11 Å². The summed E-state index contributed by atoms with van der Waals surface area (Å²) in [6, 6.07) is 13.7. The van der Waals surface area contributed by atoms with Crippen molar-refractivity contribution in [2.75, 3.05) is 58.4 Å². The molecule has 3 rings (SSSR count). The minimum absolute atomic E-state index is 0.160. The number of aliphatic imine (C=N–C) groups is 1. The molecule has 7 heteroatoms. The van der Waals surface area contributed by atoms with Gasteiger partial charge in [0.05, 0.1) is 14.2 Å². The van der Waals surface area contributed by atoms with Crippen molar-refractivity contribution in [2.24, 2.45) is 4.99 Å². The normalized spacial score (nSPS) is 14.6. The molecule has 0 saturated carbocycles. The fraction of sp³-hybridized carbons (Fsp3) is 0.435. The van der Waals surface area contributed by atoms with E-state index in [1.165, 1.54) is 5.69 Å². The molecule has 0 radical (unpaired) electrons. The molecule has 0 unspecified atom stereocenters. The predicted octanol–water partition coefficient (Wildman–Crippen LogP) is 2.74. The molecule has 0 atom stereocenters. The lowest BCUT2D eigenvalue weighted by Crippen LogP contribution is -2.52. The number of nitrogens with one attached hydrogen (secondary N) is 1. The number of phenols is 1. The molecule has 162 valence electrons. The summed E-state index contributed by atoms with van der Waals surface area (Å²) >= 11 is 0. The van der Waals surface area contributed by atoms with Gasteiger partial charge in [-0.2, -0.15) is 0 Å². The number of ether oxygens (including phenoxy) is 2. The smallest absolute Gasteiger partial charge is 0.194 e. The second-order valence-electron chi connectivity index (χ2n) is 7.16. The second kappa shape index (κ2) is 10.6. The largest absolute Gasteiger partial charge is 0.504 e. The SMILES string of the molecule is CCNC(=NCCc1ccc(O)c(OC)c1)N1CCN(c2ccc(OC)cc2)CC1. The second-order valence-corrected chi connectivity index (χ2v) is 7.16. The van der Waals surface area contributed by atoms with Gasteiger partial charge in [-0.15, -0.1) is 0 Å². The van der Waals surface area contributed by atoms with Gasteiger partial charge in [-0.05, 0) is 55.3 Å². The van der Waals surface area contributed by atoms with E-state index in [0.717, 1.165) is 56.4 Å². The van der Waals surface area contributed by atoms with E-state index in [1.54, 1.807) is 20.3 Å². The van der Waals surface area contributed by atoms with Gasteiger partial charge in [-0.1, -0.05) is 6.07 Å². The molecule has 2 aromatic carbocycles. The first-order valence-electron chi connectivity index (χ1n) is 10.4. The Labute approximate surface area is 178 Å². The van der Waals surface area contributed by atoms with Crippen LogP contribution in [0.4, 0.5) is 5.69 Å². The number of anilines is 1. The molecular formula is C23H32N4O3. The van der Waals surface area contributed by atoms with Gasteiger partial charge in [-0.3, -0.25) is 4.99 Å². The van der Waals surface area contributed by atoms with Crippen LogP contribution in [0.15, 0.2) is 47.5 Å². The van der Waals surface area contributed by atoms with Gasteiger partial charge >= 0.3 is 0 Å². The minimum Gasteiger partial charge on any atom is -0.504 e. The highest BCUT2D eigenvalue weighted by molar-refractivity contribution is 5.80. The fourth-order valence-corrected chi connectivity index (χ4v) is 3.56. The molecule has 0 spiro atoms. The molecule has 1 saturated heterocycles. The molecule has 0 aromatic heterocycles. The molecule has 30 heavy (non-hydrogen) atoms. The van der Waals surface area contributed by atoms with Crippen LogP contribution in [0.1, 0.15) is 12.5 Å². The molecule has 1 aliphatic rings. The van der Waals surface area contributed by atoms with Crippen molar-refractivity contribution in [3.05, 3.63) is 48.0 Å². The summed E-state index contributed by atoms with van der Waals surface area (Å²) in [6.07, 6.45) is 0.789. The van der Waals surface area contributed by atoms with E-state index in [-0.39, 0.29) is 5.75 Å². The number of piperazine rings is 1. The molecule has 1 fully saturated rings. The highest BCUT2D eigenvalue weighted by atomic mass is 16.5. The van der Waals surface area contributed by atoms with Crippen molar-refractivity contribution in [1.29, 1.82) is 0 Å². The lowest BCUT2D eigenvalue weighted by Gasteiger charge is -2.37. The molecule has 2 aromatic rings. The summed E-state index contributed by atoms with van der Waals surface area (Å²) in [4.78, 5) is 9.54. The zero-order valence-electron chi connectivity index (χ0n) is 18.1. The van der Waals surface area contributed by atoms with Crippen LogP contribution in [0.5, 0.6) is 17.2 Å². The van der Waals surface area contributed by atoms with E-state index >= 15 is 0 Å². The summed E-state index contributed by atoms with van der Waals surface area (Å²) < 4.78 is 10.4. The summed E-state index contributed by atoms with van der Waals surface area (Å²) in [5.41, 5.74) is 2.31. The van der Waals surface area contributed by atoms with Gasteiger partial charge in [0.15, 0.2) is 17.5 Å². The molecule has 1 heterocycles. The molecule has 0 bridgehead atoms. The lowest BCUT2D eigenvalue weighted by atomic mass is 10.1. The van der Waals surface area contributed by atoms with Crippen molar-refractivity contribution < 1.29 is 14.6 Å². The molecule has 2 N–H and O–H groups in total. The zero-order valence-corrected chi connectivity index (χ0v) is 18.1. The maximum Gasteiger partial charge on any atom is 0.194 e. The third-order valence-corrected chi connectivity index (χ3v) is 5.26. The number of phenolic OH excluding ortho intramolecular Hbond substituents is 1. The number of hydrogen-bond donors (Lipinski definition) is 2. The summed E-state index contributed by atoms with van der Waals surface area (Å²) in [5.74, 6) is 2.49. The highest BCUT2D eigenvalue weighted by Crippen LogP contribution is 2.26. The first kappa shape index (κ1) is 21.6. The topological polar surface area (TPSA) is 69.6 Å². The first-order chi connectivity index (χ1) is 14.6. The Morgan fingerprint density at radius 2 is 1.77 bits per heavy atom. The lowest BCUT2D eigenvalue weighted by molar-refractivity contribution is 0.372. The Bertz CT molecular complexity index is 831. The maximum absolute atomic E-state index is 9.74. The van der Waals surface area contributed by atoms with Crippen LogP contribution < -0.4 is 19.7 Å². The van der Waals surface area contributed by atoms with Crippen LogP contribution in [0.25, 0.3) is 0 Å². The van der Waals surface area contributed by atoms with Crippen LogP contribution in [0, 0.1) is 0 Å². The number of guanidine groups is 1. The van der Waals surface area contributed by atoms with Crippen molar-refractivity contribution in [1.82, 2.24) is 10.2 Å². The van der Waals surface area contributed by atoms with Crippen LogP contribution >= 0.6 is 0 Å². The molecule has 1 aliphatic heterocycles. The number of rotatable bonds is 7. The van der Waals surface area contributed by atoms with Crippen LogP contribution in [0.2, 0.25) is 0 Å². The van der Waals surface area contributed by atoms with E-state index < -0.39 is 0 Å². The van der Waals surface area contributed by atoms with Crippen molar-refractivity contribution in [2.45, 2.75) is 13.3 Å². The molecule has 0 aliphatic carbocycles. The quantitative estimate of drug-likeness (QED) is 0.538. The average molecular weight is 413 g/mol. The van der Waals surface area contributed by atoms with Crippen molar-refractivity contribution >= 4 is 11.6 Å². The van der Waals surface area contributed by atoms with E-state index in [4.69, 9.17) is 14.5 Å². The number of methoxy groups -OCH3 is 2. The van der Waals surface area contributed by atoms with Gasteiger partial charge in [0.25, 0.3) is 0 Å². The summed E-state index contributed by atoms with van der Waals surface area (Å²) in [5, 5.41) is 13.2. The monoisotopic (exact) mass is 412 g/mol. The van der Waals surface area contributed by atoms with E-state index in [1.807, 2.05) is 24.3 Å². The maximum atomic E-state index is 9.74. The number of benzene rings is 2. The molecule has 7 nitrogen and oxygen atoms in total. The number of hydrogen-bond acceptors (Lipinski definition) is 5. The van der Waals surface area contributed by atoms with E-state index in [2.05, 4.69) is 34.2 Å². The Morgan fingerprint density at radius 1 is 1.03 bits per heavy atom. The van der Waals surface area contributed by atoms with Gasteiger partial charge < -0.3 is 29.7 Å². The zero-order chi connectivity index (χ0) is 21.3. The fourth-order valence-electron chi connectivity index (χ4n) is 3.56. The minimum atomic E-state index is 0.160. The summed E-state index contributed by atoms with van der Waals surface area (Å²) in [7, 11) is 3.25. The Kier molecular flexibility index (Phi) is 7.65. The third-order valence-electron chi connectivity index (χ3n) is 5.26. The van der Waals surface area contributed by atoms with Gasteiger partial charge in [0, 0.05) is 45.0 Å². The molecule has 0 amide bonds. The van der Waals surface area contributed by atoms with Crippen molar-refractivity contribution in [3.8, 4) is 17.2 Å². The number of nitrogens with zero attached hydrogens (tertiary/aromatic N) is 3. The Hall–Kier alpha value is -3.09. The highest BCUT2D eigenvalue weighted by Gasteiger charge is 2.19. The van der Waals surface area contributed by atoms with Crippen LogP contribution in [-0.2, 0) is 6.42 Å². The Balaban J connectivity index is 1.56. The predicted molar refractivity (Wildman–Crippen MR) is 121 cm³/mol. The van der Waals surface area contributed by atoms with Gasteiger partial charge in [0.2, 0.25) is 0 Å². The summed E-state index contributed by atoms with van der Waals surface area (Å²) in [6.45, 7) is 7.35. The van der Waals surface area contributed by atoms with E-state index in [0.29, 0.717) is 12.3 Å². The molecular weight excluding hydrogens is 380 g/mol. The standard InChI is InChI=1S/C23H32N4O3/c1-4-24-23(25-12-11-18-5-10-21(28)22(17-18)30-3)27-15-13-26(14-16-27)19-6-8-20(29-2)9-7-19/h5-10,17,28H,4,11-16H2,1-3H3,(H,24,25). The van der Waals surface area contributed by atoms with Gasteiger partial charge in [-0.25, -0.2) is 0 Å². The third kappa shape index (κ3) is 5.49. The first-order valence-corrected chi connectivity index (χ1v) is 10.4. The van der Waals surface area contributed by atoms with Crippen molar-refractivity contribution in [3.63, 3.8) is 0 Å². The van der Waals surface area contributed by atoms with Crippen LogP contribution in [0.3, 0.4) is 0 Å². The van der Waals surface area contributed by atoms with Crippen LogP contribution in [-0.4, -0.2) is 69.5 Å². The Morgan fingerprint density at radius 3 is 2.40 bits per heavy atom. The average Bonchev–Trinajstić information content (AvgIpc) is 2.80. The number of aromatic hydroxyl groups is 1.